The number of nitrogens with one attached hydrogen (secondary N) is 1. The molecule has 1 aromatic rings. The van der Waals surface area contributed by atoms with Crippen molar-refractivity contribution in [1.29, 1.82) is 0 Å². The molecule has 1 aromatic heterocycles. The third-order valence-electron chi connectivity index (χ3n) is 4.07. The number of carbonyl (C=O) groups is 3. The monoisotopic (exact) mass is 473 g/mol. The summed E-state index contributed by atoms with van der Waals surface area (Å²) in [6, 6.07) is 0.919. The fourth-order valence-electron chi connectivity index (χ4n) is 2.87. The van der Waals surface area contributed by atoms with E-state index in [9.17, 15) is 29.1 Å². The van der Waals surface area contributed by atoms with Crippen molar-refractivity contribution >= 4 is 18.5 Å². The summed E-state index contributed by atoms with van der Waals surface area (Å²) in [6.45, 7) is 1.76. The Hall–Kier alpha value is -4.24. The van der Waals surface area contributed by atoms with Crippen molar-refractivity contribution in [2.75, 3.05) is 19.8 Å². The number of carbonyl (C=O) groups excluding carboxylic acids is 2. The molecule has 1 aliphatic rings. The molecule has 1 fully saturated rings. The van der Waals surface area contributed by atoms with Gasteiger partial charge in [-0.2, -0.15) is 0 Å². The van der Waals surface area contributed by atoms with Crippen molar-refractivity contribution in [2.45, 2.75) is 38.0 Å². The topological polar surface area (TPSA) is 230 Å². The van der Waals surface area contributed by atoms with Crippen LogP contribution in [-0.2, 0) is 28.4 Å². The molecule has 0 unspecified atom stereocenters. The Morgan fingerprint density at radius 2 is 1.88 bits per heavy atom. The standard InChI is InChI=1S/C16H19N5O12/c1-3-28-14(26)30-7-16(19-20-17)10(32-13(24)25)9(31-15(27)29-4-2)11(33-16)21-6-5-8(22)18-12(21)23/h5-6,9-11H,3-4,7H2,1-2H3,(H,24,25)(H,18,22,23)/t9-,10+,11-,16-/m1/s1. The van der Waals surface area contributed by atoms with Crippen LogP contribution in [0.25, 0.3) is 10.4 Å². The number of rotatable bonds is 8. The highest BCUT2D eigenvalue weighted by atomic mass is 16.8. The molecule has 0 bridgehead atoms. The molecule has 0 saturated carbocycles. The lowest BCUT2D eigenvalue weighted by Crippen LogP contribution is -2.49. The van der Waals surface area contributed by atoms with Crippen LogP contribution >= 0.6 is 0 Å². The number of azide groups is 1. The van der Waals surface area contributed by atoms with Crippen molar-refractivity contribution < 1.29 is 47.9 Å². The molecule has 0 amide bonds. The summed E-state index contributed by atoms with van der Waals surface area (Å²) < 4.78 is 30.3. The van der Waals surface area contributed by atoms with Crippen LogP contribution in [0.2, 0.25) is 0 Å². The van der Waals surface area contributed by atoms with Crippen molar-refractivity contribution in [3.8, 4) is 0 Å². The van der Waals surface area contributed by atoms with E-state index in [1.165, 1.54) is 13.8 Å². The van der Waals surface area contributed by atoms with Crippen LogP contribution in [-0.4, -0.2) is 70.9 Å². The molecule has 0 aliphatic carbocycles. The van der Waals surface area contributed by atoms with Gasteiger partial charge in [-0.1, -0.05) is 5.11 Å². The van der Waals surface area contributed by atoms with Crippen LogP contribution in [0.5, 0.6) is 0 Å². The molecule has 2 N–H and O–H groups in total. The van der Waals surface area contributed by atoms with E-state index in [1.54, 1.807) is 0 Å². The number of carboxylic acid groups (broad SMARTS) is 1. The Bertz CT molecular complexity index is 1050. The van der Waals surface area contributed by atoms with E-state index in [0.29, 0.717) is 4.57 Å². The lowest BCUT2D eigenvalue weighted by Gasteiger charge is -2.28. The van der Waals surface area contributed by atoms with Crippen LogP contribution < -0.4 is 11.2 Å². The van der Waals surface area contributed by atoms with Crippen LogP contribution in [0.1, 0.15) is 20.1 Å². The maximum absolute atomic E-state index is 12.3. The van der Waals surface area contributed by atoms with Gasteiger partial charge in [0, 0.05) is 17.2 Å². The highest BCUT2D eigenvalue weighted by molar-refractivity contribution is 5.61. The first-order chi connectivity index (χ1) is 15.7. The zero-order valence-electron chi connectivity index (χ0n) is 17.2. The Labute approximate surface area is 183 Å². The number of nitrogens with zero attached hydrogens (tertiary/aromatic N) is 4. The Morgan fingerprint density at radius 3 is 2.45 bits per heavy atom. The normalized spacial score (nSPS) is 23.6. The Kier molecular flexibility index (Phi) is 8.24. The minimum Gasteiger partial charge on any atom is -0.450 e. The lowest BCUT2D eigenvalue weighted by molar-refractivity contribution is -0.134. The minimum atomic E-state index is -2.46. The van der Waals surface area contributed by atoms with Gasteiger partial charge >= 0.3 is 24.2 Å². The summed E-state index contributed by atoms with van der Waals surface area (Å²) in [6.07, 6.45) is -8.99. The van der Waals surface area contributed by atoms with Gasteiger partial charge in [0.25, 0.3) is 5.56 Å². The first-order valence-electron chi connectivity index (χ1n) is 9.25. The van der Waals surface area contributed by atoms with Gasteiger partial charge in [0.1, 0.15) is 6.61 Å². The van der Waals surface area contributed by atoms with Crippen LogP contribution in [0.4, 0.5) is 14.4 Å². The third kappa shape index (κ3) is 5.92. The van der Waals surface area contributed by atoms with Crippen molar-refractivity contribution in [3.05, 3.63) is 43.5 Å². The van der Waals surface area contributed by atoms with Gasteiger partial charge in [0.05, 0.1) is 13.2 Å². The molecule has 17 nitrogen and oxygen atoms in total. The van der Waals surface area contributed by atoms with Gasteiger partial charge in [-0.25, -0.2) is 19.2 Å². The van der Waals surface area contributed by atoms with Crippen molar-refractivity contribution in [2.24, 2.45) is 5.11 Å². The second-order valence-corrected chi connectivity index (χ2v) is 6.10. The average Bonchev–Trinajstić information content (AvgIpc) is 3.00. The van der Waals surface area contributed by atoms with Crippen molar-refractivity contribution in [1.82, 2.24) is 9.55 Å². The molecule has 1 aliphatic heterocycles. The summed E-state index contributed by atoms with van der Waals surface area (Å²) in [7, 11) is 0. The first-order valence-corrected chi connectivity index (χ1v) is 9.25. The molecule has 2 heterocycles. The summed E-state index contributed by atoms with van der Waals surface area (Å²) in [5.74, 6) is 0. The van der Waals surface area contributed by atoms with E-state index < -0.39 is 60.5 Å². The lowest BCUT2D eigenvalue weighted by atomic mass is 10.1. The molecule has 180 valence electrons. The summed E-state index contributed by atoms with van der Waals surface area (Å²) >= 11 is 0. The zero-order valence-corrected chi connectivity index (χ0v) is 17.2. The molecule has 17 heteroatoms. The van der Waals surface area contributed by atoms with Gasteiger partial charge < -0.3 is 33.5 Å². The third-order valence-corrected chi connectivity index (χ3v) is 4.07. The highest BCUT2D eigenvalue weighted by Gasteiger charge is 2.61. The molecule has 1 saturated heterocycles. The van der Waals surface area contributed by atoms with E-state index in [2.05, 4.69) is 19.5 Å². The molecule has 33 heavy (non-hydrogen) atoms. The van der Waals surface area contributed by atoms with E-state index in [4.69, 9.17) is 24.5 Å². The smallest absolute Gasteiger partial charge is 0.450 e. The Balaban J connectivity index is 2.61. The van der Waals surface area contributed by atoms with Gasteiger partial charge in [-0.05, 0) is 19.4 Å². The summed E-state index contributed by atoms with van der Waals surface area (Å²) in [4.78, 5) is 63.3. The van der Waals surface area contributed by atoms with E-state index in [1.807, 2.05) is 4.98 Å². The van der Waals surface area contributed by atoms with Crippen LogP contribution in [0.15, 0.2) is 27.0 Å². The maximum atomic E-state index is 12.3. The largest absolute Gasteiger partial charge is 0.508 e. The maximum Gasteiger partial charge on any atom is 0.508 e. The van der Waals surface area contributed by atoms with Crippen molar-refractivity contribution in [3.63, 3.8) is 0 Å². The SMILES string of the molecule is CCOC(=O)OC[C@@]1(N=[N+]=[N-])O[C@@H](n2ccc(=O)[nH]c2=O)[C@H](OC(=O)OCC)[C@@H]1OC(=O)O. The van der Waals surface area contributed by atoms with E-state index in [-0.39, 0.29) is 13.2 Å². The zero-order chi connectivity index (χ0) is 24.6. The second-order valence-electron chi connectivity index (χ2n) is 6.10. The summed E-state index contributed by atoms with van der Waals surface area (Å²) in [5.41, 5.74) is 4.78. The fourth-order valence-corrected chi connectivity index (χ4v) is 2.87. The van der Waals surface area contributed by atoms with Crippen LogP contribution in [0, 0.1) is 0 Å². The molecular formula is C16H19N5O12. The van der Waals surface area contributed by atoms with Gasteiger partial charge in [0.2, 0.25) is 5.72 Å². The second kappa shape index (κ2) is 10.9. The fraction of sp³-hybridized carbons (Fsp3) is 0.562. The minimum absolute atomic E-state index is 0.0761. The van der Waals surface area contributed by atoms with E-state index >= 15 is 0 Å². The first kappa shape index (κ1) is 25.0. The number of aromatic amines is 1. The van der Waals surface area contributed by atoms with Gasteiger partial charge in [-0.15, -0.1) is 0 Å². The number of hydrogen-bond donors (Lipinski definition) is 2. The molecule has 4 atom stereocenters. The number of ether oxygens (including phenoxy) is 6. The Morgan fingerprint density at radius 1 is 1.21 bits per heavy atom. The molecular weight excluding hydrogens is 454 g/mol. The molecule has 0 aromatic carbocycles. The molecule has 0 radical (unpaired) electrons. The predicted molar refractivity (Wildman–Crippen MR) is 101 cm³/mol. The van der Waals surface area contributed by atoms with Crippen LogP contribution in [0.3, 0.4) is 0 Å². The molecule has 2 rings (SSSR count). The number of aromatic nitrogens is 2. The van der Waals surface area contributed by atoms with E-state index in [0.717, 1.165) is 12.3 Å². The predicted octanol–water partition coefficient (Wildman–Crippen LogP) is 0.850. The molecule has 0 spiro atoms. The quantitative estimate of drug-likeness (QED) is 0.176. The number of H-pyrrole nitrogens is 1. The number of hydrogen-bond acceptors (Lipinski definition) is 12. The highest BCUT2D eigenvalue weighted by Crippen LogP contribution is 2.42. The summed E-state index contributed by atoms with van der Waals surface area (Å²) in [5, 5.41) is 12.6. The average molecular weight is 473 g/mol. The van der Waals surface area contributed by atoms with Gasteiger partial charge in [0.15, 0.2) is 18.4 Å². The van der Waals surface area contributed by atoms with Gasteiger partial charge in [-0.3, -0.25) is 14.3 Å².